The lowest BCUT2D eigenvalue weighted by molar-refractivity contribution is 1.37. The van der Waals surface area contributed by atoms with Gasteiger partial charge >= 0.3 is 0 Å². The summed E-state index contributed by atoms with van der Waals surface area (Å²) in [5.74, 6) is 0. The number of halogens is 2. The van der Waals surface area contributed by atoms with Crippen LogP contribution in [-0.4, -0.2) is 9.97 Å². The minimum absolute atomic E-state index is 0.928. The second-order valence-electron chi connectivity index (χ2n) is 6.61. The molecule has 134 valence electrons. The maximum absolute atomic E-state index is 5.11. The molecule has 0 radical (unpaired) electrons. The van der Waals surface area contributed by atoms with E-state index in [-0.39, 0.29) is 0 Å². The molecular weight excluding hydrogens is 476 g/mol. The van der Waals surface area contributed by atoms with Crippen molar-refractivity contribution in [3.63, 3.8) is 0 Å². The van der Waals surface area contributed by atoms with E-state index in [2.05, 4.69) is 97.5 Å². The largest absolute Gasteiger partial charge is 0.254 e. The molecule has 2 aromatic heterocycles. The fourth-order valence-corrected chi connectivity index (χ4v) is 3.98. The van der Waals surface area contributed by atoms with Crippen LogP contribution in [0.1, 0.15) is 0 Å². The maximum atomic E-state index is 5.11. The fourth-order valence-electron chi connectivity index (χ4n) is 3.45. The zero-order chi connectivity index (χ0) is 19.1. The molecule has 3 aromatic carbocycles. The maximum Gasteiger partial charge on any atom is 0.0972 e. The Hall–Kier alpha value is -2.56. The topological polar surface area (TPSA) is 25.8 Å². The zero-order valence-corrected chi connectivity index (χ0v) is 17.9. The van der Waals surface area contributed by atoms with Crippen LogP contribution in [0.5, 0.6) is 0 Å². The van der Waals surface area contributed by atoms with Gasteiger partial charge in [-0.15, -0.1) is 0 Å². The highest BCUT2D eigenvalue weighted by molar-refractivity contribution is 9.10. The first-order chi connectivity index (χ1) is 13.7. The molecule has 0 aliphatic carbocycles. The molecule has 5 aromatic rings. The average molecular weight is 490 g/mol. The van der Waals surface area contributed by atoms with Gasteiger partial charge in [0.1, 0.15) is 0 Å². The first-order valence-electron chi connectivity index (χ1n) is 8.89. The van der Waals surface area contributed by atoms with Crippen molar-refractivity contribution in [2.45, 2.75) is 0 Å². The Balaban J connectivity index is 1.86. The lowest BCUT2D eigenvalue weighted by Crippen LogP contribution is -1.93. The monoisotopic (exact) mass is 488 g/mol. The van der Waals surface area contributed by atoms with E-state index in [4.69, 9.17) is 4.98 Å². The Kier molecular flexibility index (Phi) is 4.46. The van der Waals surface area contributed by atoms with Crippen LogP contribution in [0.3, 0.4) is 0 Å². The number of rotatable bonds is 2. The smallest absolute Gasteiger partial charge is 0.0972 e. The van der Waals surface area contributed by atoms with E-state index >= 15 is 0 Å². The van der Waals surface area contributed by atoms with Crippen LogP contribution in [0.4, 0.5) is 0 Å². The molecule has 0 atom stereocenters. The van der Waals surface area contributed by atoms with Gasteiger partial charge in [0.2, 0.25) is 0 Å². The molecule has 0 aliphatic heterocycles. The number of aromatic nitrogens is 2. The summed E-state index contributed by atoms with van der Waals surface area (Å²) in [6.45, 7) is 0. The van der Waals surface area contributed by atoms with Gasteiger partial charge in [-0.25, -0.2) is 4.98 Å². The van der Waals surface area contributed by atoms with Gasteiger partial charge in [-0.05, 0) is 42.0 Å². The van der Waals surface area contributed by atoms with Crippen LogP contribution in [0, 0.1) is 0 Å². The van der Waals surface area contributed by atoms with Gasteiger partial charge in [0.15, 0.2) is 0 Å². The molecule has 0 aliphatic rings. The molecule has 2 nitrogen and oxygen atoms in total. The SMILES string of the molecule is Brc1ccc(-c2cc3ccc4cccnc4c3nc2-c2ccc(Br)cc2)cc1. The third-order valence-corrected chi connectivity index (χ3v) is 5.89. The molecule has 28 heavy (non-hydrogen) atoms. The molecular formula is C24H14Br2N2. The minimum Gasteiger partial charge on any atom is -0.254 e. The summed E-state index contributed by atoms with van der Waals surface area (Å²) in [6, 6.07) is 27.1. The normalized spacial score (nSPS) is 11.2. The summed E-state index contributed by atoms with van der Waals surface area (Å²) in [7, 11) is 0. The van der Waals surface area contributed by atoms with Crippen molar-refractivity contribution in [2.75, 3.05) is 0 Å². The van der Waals surface area contributed by atoms with Crippen LogP contribution in [0.2, 0.25) is 0 Å². The predicted molar refractivity (Wildman–Crippen MR) is 123 cm³/mol. The molecule has 5 rings (SSSR count). The molecule has 0 amide bonds. The zero-order valence-electron chi connectivity index (χ0n) is 14.7. The van der Waals surface area contributed by atoms with Gasteiger partial charge < -0.3 is 0 Å². The Morgan fingerprint density at radius 3 is 1.96 bits per heavy atom. The van der Waals surface area contributed by atoms with Crippen LogP contribution < -0.4 is 0 Å². The van der Waals surface area contributed by atoms with Crippen molar-refractivity contribution < 1.29 is 0 Å². The van der Waals surface area contributed by atoms with Gasteiger partial charge in [0.25, 0.3) is 0 Å². The number of hydrogen-bond donors (Lipinski definition) is 0. The van der Waals surface area contributed by atoms with Crippen LogP contribution in [-0.2, 0) is 0 Å². The van der Waals surface area contributed by atoms with Gasteiger partial charge in [-0.3, -0.25) is 4.98 Å². The predicted octanol–water partition coefficient (Wildman–Crippen LogP) is 7.64. The van der Waals surface area contributed by atoms with E-state index in [1.807, 2.05) is 24.4 Å². The molecule has 2 heterocycles. The van der Waals surface area contributed by atoms with Crippen molar-refractivity contribution >= 4 is 53.7 Å². The molecule has 4 heteroatoms. The highest BCUT2D eigenvalue weighted by Gasteiger charge is 2.13. The highest BCUT2D eigenvalue weighted by Crippen LogP contribution is 2.36. The highest BCUT2D eigenvalue weighted by atomic mass is 79.9. The average Bonchev–Trinajstić information content (AvgIpc) is 2.74. The molecule has 0 saturated heterocycles. The van der Waals surface area contributed by atoms with Gasteiger partial charge in [-0.1, -0.05) is 74.3 Å². The van der Waals surface area contributed by atoms with E-state index in [0.29, 0.717) is 0 Å². The van der Waals surface area contributed by atoms with Crippen LogP contribution >= 0.6 is 31.9 Å². The number of pyridine rings is 2. The summed E-state index contributed by atoms with van der Waals surface area (Å²) < 4.78 is 2.11. The third kappa shape index (κ3) is 3.13. The Morgan fingerprint density at radius 2 is 1.25 bits per heavy atom. The van der Waals surface area contributed by atoms with E-state index in [9.17, 15) is 0 Å². The van der Waals surface area contributed by atoms with E-state index in [1.165, 1.54) is 0 Å². The van der Waals surface area contributed by atoms with Crippen molar-refractivity contribution in [3.8, 4) is 22.4 Å². The number of hydrogen-bond acceptors (Lipinski definition) is 2. The second-order valence-corrected chi connectivity index (χ2v) is 8.44. The molecule has 0 bridgehead atoms. The van der Waals surface area contributed by atoms with Crippen molar-refractivity contribution in [3.05, 3.63) is 94.0 Å². The van der Waals surface area contributed by atoms with Gasteiger partial charge in [0.05, 0.1) is 16.7 Å². The lowest BCUT2D eigenvalue weighted by atomic mass is 9.97. The number of fused-ring (bicyclic) bond motifs is 3. The van der Waals surface area contributed by atoms with Gasteiger partial charge in [0, 0.05) is 37.0 Å². The first-order valence-corrected chi connectivity index (χ1v) is 10.5. The van der Waals surface area contributed by atoms with Crippen molar-refractivity contribution in [1.29, 1.82) is 0 Å². The number of benzene rings is 3. The molecule has 0 spiro atoms. The minimum atomic E-state index is 0.928. The van der Waals surface area contributed by atoms with Crippen LogP contribution in [0.25, 0.3) is 44.2 Å². The summed E-state index contributed by atoms with van der Waals surface area (Å²) in [6.07, 6.45) is 1.82. The first kappa shape index (κ1) is 17.5. The Morgan fingerprint density at radius 1 is 0.607 bits per heavy atom. The van der Waals surface area contributed by atoms with E-state index < -0.39 is 0 Å². The quantitative estimate of drug-likeness (QED) is 0.238. The summed E-state index contributed by atoms with van der Waals surface area (Å²) in [5, 5.41) is 2.19. The Labute approximate surface area is 179 Å². The van der Waals surface area contributed by atoms with E-state index in [1.54, 1.807) is 0 Å². The lowest BCUT2D eigenvalue weighted by Gasteiger charge is -2.13. The molecule has 0 N–H and O–H groups in total. The molecule has 0 fully saturated rings. The fraction of sp³-hybridized carbons (Fsp3) is 0. The second kappa shape index (κ2) is 7.12. The standard InChI is InChI=1S/C24H14Br2N2/c25-19-9-5-15(6-10-19)21-14-18-4-3-16-2-1-13-27-23(16)24(18)28-22(21)17-7-11-20(26)12-8-17/h1-14H. The Bertz CT molecular complexity index is 1310. The molecule has 0 saturated carbocycles. The van der Waals surface area contributed by atoms with Crippen molar-refractivity contribution in [2.24, 2.45) is 0 Å². The summed E-state index contributed by atoms with van der Waals surface area (Å²) in [4.78, 5) is 9.71. The van der Waals surface area contributed by atoms with Gasteiger partial charge in [-0.2, -0.15) is 0 Å². The molecule has 0 unspecified atom stereocenters. The van der Waals surface area contributed by atoms with E-state index in [0.717, 1.165) is 53.1 Å². The third-order valence-electron chi connectivity index (χ3n) is 4.83. The van der Waals surface area contributed by atoms with Crippen LogP contribution in [0.15, 0.2) is 94.0 Å². The summed E-state index contributed by atoms with van der Waals surface area (Å²) >= 11 is 7.05. The van der Waals surface area contributed by atoms with Crippen molar-refractivity contribution in [1.82, 2.24) is 9.97 Å². The summed E-state index contributed by atoms with van der Waals surface area (Å²) in [5.41, 5.74) is 6.14. The number of nitrogens with zero attached hydrogens (tertiary/aromatic N) is 2.